The zero-order valence-corrected chi connectivity index (χ0v) is 12.7. The van der Waals surface area contributed by atoms with Crippen molar-refractivity contribution in [1.82, 2.24) is 4.90 Å². The van der Waals surface area contributed by atoms with E-state index in [0.717, 1.165) is 0 Å². The molecule has 2 atom stereocenters. The zero-order valence-electron chi connectivity index (χ0n) is 11.2. The summed E-state index contributed by atoms with van der Waals surface area (Å²) in [4.78, 5) is 25.9. The number of hydrogen-bond acceptors (Lipinski definition) is 3. The first-order valence-corrected chi connectivity index (χ1v) is 7.51. The number of nitrogens with zero attached hydrogens (tertiary/aromatic N) is 1. The smallest absolute Gasteiger partial charge is 0.234 e. The standard InChI is InChI=1S/C15H14Cl2N2O2/c16-9-5-6-10-11(7-9)15(21)19(14(10)20)8-18-13-4-2-1-3-12(13)17/h1-5,10-11,18H,6-8H2. The molecule has 1 saturated heterocycles. The van der Waals surface area contributed by atoms with E-state index in [2.05, 4.69) is 5.32 Å². The Morgan fingerprint density at radius 3 is 2.62 bits per heavy atom. The molecular formula is C15H14Cl2N2O2. The first-order valence-electron chi connectivity index (χ1n) is 6.76. The first kappa shape index (κ1) is 14.4. The lowest BCUT2D eigenvalue weighted by Crippen LogP contribution is -2.35. The van der Waals surface area contributed by atoms with Gasteiger partial charge in [-0.2, -0.15) is 0 Å². The van der Waals surface area contributed by atoms with Gasteiger partial charge in [0.25, 0.3) is 0 Å². The van der Waals surface area contributed by atoms with Gasteiger partial charge in [0.05, 0.1) is 29.2 Å². The summed E-state index contributed by atoms with van der Waals surface area (Å²) in [6.07, 6.45) is 2.83. The Kier molecular flexibility index (Phi) is 3.91. The lowest BCUT2D eigenvalue weighted by atomic mass is 9.85. The molecule has 1 N–H and O–H groups in total. The van der Waals surface area contributed by atoms with Crippen molar-refractivity contribution >= 4 is 40.7 Å². The van der Waals surface area contributed by atoms with E-state index in [-0.39, 0.29) is 30.3 Å². The highest BCUT2D eigenvalue weighted by molar-refractivity contribution is 6.33. The van der Waals surface area contributed by atoms with Crippen molar-refractivity contribution in [1.29, 1.82) is 0 Å². The van der Waals surface area contributed by atoms with E-state index in [1.54, 1.807) is 12.1 Å². The van der Waals surface area contributed by atoms with E-state index in [1.165, 1.54) is 4.90 Å². The number of amides is 2. The second kappa shape index (κ2) is 5.70. The largest absolute Gasteiger partial charge is 0.366 e. The Balaban J connectivity index is 1.71. The molecule has 3 rings (SSSR count). The van der Waals surface area contributed by atoms with Crippen molar-refractivity contribution < 1.29 is 9.59 Å². The van der Waals surface area contributed by atoms with Gasteiger partial charge in [0.2, 0.25) is 11.8 Å². The van der Waals surface area contributed by atoms with Gasteiger partial charge in [-0.3, -0.25) is 14.5 Å². The molecule has 0 radical (unpaired) electrons. The zero-order chi connectivity index (χ0) is 15.0. The molecule has 2 amide bonds. The van der Waals surface area contributed by atoms with Gasteiger partial charge >= 0.3 is 0 Å². The van der Waals surface area contributed by atoms with Crippen LogP contribution in [0.15, 0.2) is 35.4 Å². The van der Waals surface area contributed by atoms with Crippen molar-refractivity contribution in [3.63, 3.8) is 0 Å². The number of rotatable bonds is 3. The Hall–Kier alpha value is -1.52. The first-order chi connectivity index (χ1) is 10.1. The van der Waals surface area contributed by atoms with Gasteiger partial charge < -0.3 is 5.32 Å². The number of anilines is 1. The average Bonchev–Trinajstić information content (AvgIpc) is 2.70. The molecule has 0 saturated carbocycles. The summed E-state index contributed by atoms with van der Waals surface area (Å²) in [7, 11) is 0. The molecule has 0 aromatic heterocycles. The minimum absolute atomic E-state index is 0.131. The number of likely N-dealkylation sites (tertiary alicyclic amines) is 1. The number of halogens is 2. The SMILES string of the molecule is O=C1C2CC=C(Cl)CC2C(=O)N1CNc1ccccc1Cl. The molecular weight excluding hydrogens is 311 g/mol. The molecule has 2 unspecified atom stereocenters. The second-order valence-electron chi connectivity index (χ2n) is 5.22. The van der Waals surface area contributed by atoms with E-state index in [4.69, 9.17) is 23.2 Å². The number of benzene rings is 1. The molecule has 1 aliphatic heterocycles. The van der Waals surface area contributed by atoms with Crippen molar-refractivity contribution in [2.24, 2.45) is 11.8 Å². The summed E-state index contributed by atoms with van der Waals surface area (Å²) in [5, 5.41) is 4.26. The van der Waals surface area contributed by atoms with Crippen LogP contribution in [0.25, 0.3) is 0 Å². The fourth-order valence-corrected chi connectivity index (χ4v) is 3.28. The maximum Gasteiger partial charge on any atom is 0.234 e. The molecule has 1 aromatic rings. The Morgan fingerprint density at radius 1 is 1.14 bits per heavy atom. The number of hydrogen-bond donors (Lipinski definition) is 1. The number of para-hydroxylation sites is 1. The van der Waals surface area contributed by atoms with E-state index in [0.29, 0.717) is 28.6 Å². The summed E-state index contributed by atoms with van der Waals surface area (Å²) >= 11 is 12.0. The van der Waals surface area contributed by atoms with Crippen LogP contribution >= 0.6 is 23.2 Å². The molecule has 1 aromatic carbocycles. The van der Waals surface area contributed by atoms with E-state index < -0.39 is 0 Å². The maximum absolute atomic E-state index is 12.3. The summed E-state index contributed by atoms with van der Waals surface area (Å²) in [5.74, 6) is -0.878. The molecule has 1 heterocycles. The lowest BCUT2D eigenvalue weighted by molar-refractivity contribution is -0.139. The topological polar surface area (TPSA) is 49.4 Å². The molecule has 4 nitrogen and oxygen atoms in total. The average molecular weight is 325 g/mol. The molecule has 6 heteroatoms. The Bertz CT molecular complexity index is 630. The molecule has 21 heavy (non-hydrogen) atoms. The number of imide groups is 1. The third kappa shape index (κ3) is 2.65. The fraction of sp³-hybridized carbons (Fsp3) is 0.333. The number of nitrogens with one attached hydrogen (secondary N) is 1. The highest BCUT2D eigenvalue weighted by Crippen LogP contribution is 2.38. The minimum atomic E-state index is -0.317. The quantitative estimate of drug-likeness (QED) is 0.868. The van der Waals surface area contributed by atoms with Crippen LogP contribution in [-0.4, -0.2) is 23.4 Å². The molecule has 2 aliphatic rings. The van der Waals surface area contributed by atoms with E-state index in [9.17, 15) is 9.59 Å². The highest BCUT2D eigenvalue weighted by atomic mass is 35.5. The molecule has 110 valence electrons. The molecule has 1 aliphatic carbocycles. The van der Waals surface area contributed by atoms with Crippen molar-refractivity contribution in [2.45, 2.75) is 12.8 Å². The predicted molar refractivity (Wildman–Crippen MR) is 81.9 cm³/mol. The third-order valence-corrected chi connectivity index (χ3v) is 4.60. The number of fused-ring (bicyclic) bond motifs is 1. The van der Waals surface area contributed by atoms with E-state index >= 15 is 0 Å². The highest BCUT2D eigenvalue weighted by Gasteiger charge is 2.48. The van der Waals surface area contributed by atoms with Crippen LogP contribution in [0.4, 0.5) is 5.69 Å². The second-order valence-corrected chi connectivity index (χ2v) is 6.12. The number of carbonyl (C=O) groups excluding carboxylic acids is 2. The fourth-order valence-electron chi connectivity index (χ4n) is 2.82. The van der Waals surface area contributed by atoms with E-state index in [1.807, 2.05) is 18.2 Å². The number of allylic oxidation sites excluding steroid dienone is 2. The van der Waals surface area contributed by atoms with Gasteiger partial charge in [0.1, 0.15) is 0 Å². The Labute approximate surface area is 132 Å². The summed E-state index contributed by atoms with van der Waals surface area (Å²) < 4.78 is 0. The molecule has 0 spiro atoms. The van der Waals surface area contributed by atoms with Crippen LogP contribution in [-0.2, 0) is 9.59 Å². The van der Waals surface area contributed by atoms with Crippen LogP contribution in [0.3, 0.4) is 0 Å². The predicted octanol–water partition coefficient (Wildman–Crippen LogP) is 3.23. The van der Waals surface area contributed by atoms with Gasteiger partial charge in [-0.05, 0) is 25.0 Å². The van der Waals surface area contributed by atoms with Crippen LogP contribution in [0.5, 0.6) is 0 Å². The van der Waals surface area contributed by atoms with Crippen molar-refractivity contribution in [3.05, 3.63) is 40.4 Å². The third-order valence-electron chi connectivity index (χ3n) is 3.96. The normalized spacial score (nSPS) is 24.9. The van der Waals surface area contributed by atoms with Crippen LogP contribution in [0.2, 0.25) is 5.02 Å². The van der Waals surface area contributed by atoms with Crippen molar-refractivity contribution in [3.8, 4) is 0 Å². The maximum atomic E-state index is 12.3. The molecule has 1 fully saturated rings. The summed E-state index contributed by atoms with van der Waals surface area (Å²) in [6.45, 7) is 0.131. The monoisotopic (exact) mass is 324 g/mol. The van der Waals surface area contributed by atoms with Crippen LogP contribution in [0.1, 0.15) is 12.8 Å². The lowest BCUT2D eigenvalue weighted by Gasteiger charge is -2.17. The van der Waals surface area contributed by atoms with Gasteiger partial charge in [0, 0.05) is 5.03 Å². The van der Waals surface area contributed by atoms with Crippen LogP contribution < -0.4 is 5.32 Å². The van der Waals surface area contributed by atoms with Gasteiger partial charge in [-0.15, -0.1) is 0 Å². The number of carbonyl (C=O) groups is 2. The Morgan fingerprint density at radius 2 is 1.86 bits per heavy atom. The summed E-state index contributed by atoms with van der Waals surface area (Å²) in [5.41, 5.74) is 0.700. The van der Waals surface area contributed by atoms with Crippen LogP contribution in [0, 0.1) is 11.8 Å². The van der Waals surface area contributed by atoms with Crippen molar-refractivity contribution in [2.75, 3.05) is 12.0 Å². The minimum Gasteiger partial charge on any atom is -0.366 e. The summed E-state index contributed by atoms with van der Waals surface area (Å²) in [6, 6.07) is 7.22. The van der Waals surface area contributed by atoms with Gasteiger partial charge in [-0.25, -0.2) is 0 Å². The van der Waals surface area contributed by atoms with Gasteiger partial charge in [-0.1, -0.05) is 41.4 Å². The molecule has 0 bridgehead atoms. The van der Waals surface area contributed by atoms with Gasteiger partial charge in [0.15, 0.2) is 0 Å².